The highest BCUT2D eigenvalue weighted by Gasteiger charge is 2.32. The Balaban J connectivity index is 1.37. The Morgan fingerprint density at radius 3 is 2.45 bits per heavy atom. The van der Waals surface area contributed by atoms with E-state index in [-0.39, 0.29) is 34.7 Å². The van der Waals surface area contributed by atoms with Gasteiger partial charge in [-0.2, -0.15) is 18.3 Å². The number of carbonyl (C=O) groups excluding carboxylic acids is 2. The number of carbonyl (C=O) groups is 3. The fourth-order valence-corrected chi connectivity index (χ4v) is 4.62. The molecule has 0 saturated carbocycles. The number of carboxylic acids is 1. The zero-order valence-corrected chi connectivity index (χ0v) is 22.4. The van der Waals surface area contributed by atoms with Gasteiger partial charge in [0.1, 0.15) is 5.56 Å². The van der Waals surface area contributed by atoms with Crippen molar-refractivity contribution in [2.45, 2.75) is 6.18 Å². The number of nitrogens with one attached hydrogen (secondary N) is 2. The molecule has 0 atom stereocenters. The van der Waals surface area contributed by atoms with Gasteiger partial charge >= 0.3 is 12.1 Å². The Kier molecular flexibility index (Phi) is 7.91. The van der Waals surface area contributed by atoms with Gasteiger partial charge in [0.15, 0.2) is 5.65 Å². The number of piperazine rings is 1. The lowest BCUT2D eigenvalue weighted by Gasteiger charge is -2.31. The number of nitrogens with zero attached hydrogens (tertiary/aromatic N) is 5. The minimum Gasteiger partial charge on any atom is -0.477 e. The molecule has 0 unspecified atom stereocenters. The molecule has 2 aromatic carbocycles. The van der Waals surface area contributed by atoms with Crippen molar-refractivity contribution >= 4 is 34.8 Å². The van der Waals surface area contributed by atoms with Gasteiger partial charge in [-0.25, -0.2) is 14.3 Å². The van der Waals surface area contributed by atoms with Gasteiger partial charge in [-0.1, -0.05) is 12.1 Å². The van der Waals surface area contributed by atoms with E-state index in [0.29, 0.717) is 24.3 Å². The van der Waals surface area contributed by atoms with E-state index in [9.17, 15) is 32.7 Å². The Morgan fingerprint density at radius 2 is 1.74 bits per heavy atom. The monoisotopic (exact) mass is 581 g/mol. The van der Waals surface area contributed by atoms with E-state index in [0.717, 1.165) is 25.2 Å². The van der Waals surface area contributed by atoms with Gasteiger partial charge in [-0.15, -0.1) is 0 Å². The second-order valence-electron chi connectivity index (χ2n) is 9.89. The third-order valence-electron chi connectivity index (χ3n) is 6.82. The SMILES string of the molecule is CN1CCN(CC(=O)Nc2cc(C(=O)Nc3cccc(-c4ccnc5c(C(=O)O)cnn45)c3)cc(C(F)(F)F)c2)CC1. The van der Waals surface area contributed by atoms with Crippen molar-refractivity contribution in [3.63, 3.8) is 0 Å². The van der Waals surface area contributed by atoms with Crippen molar-refractivity contribution in [3.8, 4) is 11.3 Å². The van der Waals surface area contributed by atoms with Gasteiger partial charge in [0.25, 0.3) is 5.91 Å². The molecule has 3 heterocycles. The molecule has 1 aliphatic heterocycles. The lowest BCUT2D eigenvalue weighted by molar-refractivity contribution is -0.137. The van der Waals surface area contributed by atoms with Crippen molar-refractivity contribution in [3.05, 3.63) is 77.6 Å². The average Bonchev–Trinajstić information content (AvgIpc) is 3.39. The Hall–Kier alpha value is -4.82. The molecule has 0 bridgehead atoms. The van der Waals surface area contributed by atoms with Crippen LogP contribution in [0.3, 0.4) is 0 Å². The number of benzene rings is 2. The molecule has 5 rings (SSSR count). The maximum absolute atomic E-state index is 13.7. The van der Waals surface area contributed by atoms with E-state index in [2.05, 4.69) is 25.6 Å². The van der Waals surface area contributed by atoms with Crippen LogP contribution < -0.4 is 10.6 Å². The molecular formula is C28H26F3N7O4. The van der Waals surface area contributed by atoms with Gasteiger partial charge in [-0.05, 0) is 43.4 Å². The van der Waals surface area contributed by atoms with E-state index in [1.54, 1.807) is 30.3 Å². The quantitative estimate of drug-likeness (QED) is 0.302. The van der Waals surface area contributed by atoms with Crippen LogP contribution in [0.4, 0.5) is 24.5 Å². The van der Waals surface area contributed by atoms with Gasteiger partial charge in [0.2, 0.25) is 5.91 Å². The fourth-order valence-electron chi connectivity index (χ4n) is 4.62. The molecule has 1 fully saturated rings. The first-order valence-corrected chi connectivity index (χ1v) is 12.9. The molecule has 42 heavy (non-hydrogen) atoms. The molecule has 14 heteroatoms. The molecule has 1 saturated heterocycles. The number of aromatic carboxylic acids is 1. The van der Waals surface area contributed by atoms with Crippen LogP contribution >= 0.6 is 0 Å². The number of amides is 2. The summed E-state index contributed by atoms with van der Waals surface area (Å²) in [6, 6.07) is 10.8. The summed E-state index contributed by atoms with van der Waals surface area (Å²) in [6.45, 7) is 2.89. The predicted octanol–water partition coefficient (Wildman–Crippen LogP) is 3.55. The lowest BCUT2D eigenvalue weighted by Crippen LogP contribution is -2.47. The van der Waals surface area contributed by atoms with Crippen molar-refractivity contribution in [2.24, 2.45) is 0 Å². The summed E-state index contributed by atoms with van der Waals surface area (Å²) in [5.41, 5.74) is -0.186. The van der Waals surface area contributed by atoms with Crippen LogP contribution in [0, 0.1) is 0 Å². The number of aromatic nitrogens is 3. The number of likely N-dealkylation sites (N-methyl/N-ethyl adjacent to an activating group) is 1. The average molecular weight is 582 g/mol. The topological polar surface area (TPSA) is 132 Å². The molecule has 4 aromatic rings. The Labute approximate surface area is 237 Å². The highest BCUT2D eigenvalue weighted by atomic mass is 19.4. The van der Waals surface area contributed by atoms with Crippen LogP contribution in [-0.4, -0.2) is 87.1 Å². The minimum absolute atomic E-state index is 0.0187. The highest BCUT2D eigenvalue weighted by Crippen LogP contribution is 2.32. The number of rotatable bonds is 7. The summed E-state index contributed by atoms with van der Waals surface area (Å²) >= 11 is 0. The Morgan fingerprint density at radius 1 is 0.976 bits per heavy atom. The van der Waals surface area contributed by atoms with Gasteiger partial charge in [0, 0.05) is 54.9 Å². The normalized spacial score (nSPS) is 14.6. The smallest absolute Gasteiger partial charge is 0.416 e. The van der Waals surface area contributed by atoms with Gasteiger partial charge < -0.3 is 20.6 Å². The second kappa shape index (κ2) is 11.6. The van der Waals surface area contributed by atoms with E-state index in [4.69, 9.17) is 0 Å². The van der Waals surface area contributed by atoms with E-state index >= 15 is 0 Å². The molecule has 0 aliphatic carbocycles. The summed E-state index contributed by atoms with van der Waals surface area (Å²) in [5.74, 6) is -2.49. The van der Waals surface area contributed by atoms with Crippen LogP contribution in [0.2, 0.25) is 0 Å². The van der Waals surface area contributed by atoms with Crippen molar-refractivity contribution in [1.29, 1.82) is 0 Å². The van der Waals surface area contributed by atoms with Crippen LogP contribution in [0.25, 0.3) is 16.9 Å². The largest absolute Gasteiger partial charge is 0.477 e. The summed E-state index contributed by atoms with van der Waals surface area (Å²) in [4.78, 5) is 45.3. The first kappa shape index (κ1) is 28.7. The van der Waals surface area contributed by atoms with Crippen LogP contribution in [0.5, 0.6) is 0 Å². The third-order valence-corrected chi connectivity index (χ3v) is 6.82. The number of hydrogen-bond donors (Lipinski definition) is 3. The minimum atomic E-state index is -4.75. The van der Waals surface area contributed by atoms with Gasteiger partial charge in [0.05, 0.1) is 24.0 Å². The first-order valence-electron chi connectivity index (χ1n) is 12.9. The summed E-state index contributed by atoms with van der Waals surface area (Å²) in [6.07, 6.45) is -2.15. The maximum atomic E-state index is 13.7. The zero-order chi connectivity index (χ0) is 30.0. The number of fused-ring (bicyclic) bond motifs is 1. The zero-order valence-electron chi connectivity index (χ0n) is 22.4. The molecule has 0 spiro atoms. The first-order chi connectivity index (χ1) is 20.0. The van der Waals surface area contributed by atoms with E-state index < -0.39 is 29.5 Å². The van der Waals surface area contributed by atoms with Crippen LogP contribution in [0.1, 0.15) is 26.3 Å². The maximum Gasteiger partial charge on any atom is 0.416 e. The van der Waals surface area contributed by atoms with Crippen molar-refractivity contribution in [1.82, 2.24) is 24.4 Å². The van der Waals surface area contributed by atoms with Crippen molar-refractivity contribution in [2.75, 3.05) is 50.4 Å². The number of anilines is 2. The van der Waals surface area contributed by atoms with Crippen molar-refractivity contribution < 1.29 is 32.7 Å². The number of hydrogen-bond acceptors (Lipinski definition) is 7. The summed E-state index contributed by atoms with van der Waals surface area (Å²) in [7, 11) is 1.97. The highest BCUT2D eigenvalue weighted by molar-refractivity contribution is 6.06. The third kappa shape index (κ3) is 6.39. The molecule has 2 amide bonds. The lowest BCUT2D eigenvalue weighted by atomic mass is 10.1. The van der Waals surface area contributed by atoms with Gasteiger partial charge in [-0.3, -0.25) is 14.5 Å². The number of alkyl halides is 3. The Bertz CT molecular complexity index is 1660. The molecular weight excluding hydrogens is 555 g/mol. The molecule has 218 valence electrons. The predicted molar refractivity (Wildman–Crippen MR) is 147 cm³/mol. The molecule has 11 nitrogen and oxygen atoms in total. The van der Waals surface area contributed by atoms with Crippen LogP contribution in [-0.2, 0) is 11.0 Å². The molecule has 3 N–H and O–H groups in total. The van der Waals surface area contributed by atoms with E-state index in [1.165, 1.54) is 23.0 Å². The second-order valence-corrected chi connectivity index (χ2v) is 9.89. The van der Waals surface area contributed by atoms with E-state index in [1.807, 2.05) is 11.9 Å². The van der Waals surface area contributed by atoms with Crippen LogP contribution in [0.15, 0.2) is 60.9 Å². The summed E-state index contributed by atoms with van der Waals surface area (Å²) in [5, 5.41) is 18.6. The molecule has 0 radical (unpaired) electrons. The molecule has 1 aliphatic rings. The fraction of sp³-hybridized carbons (Fsp3) is 0.250. The standard InChI is InChI=1S/C28H26F3N7O4/c1-36-7-9-37(10-8-36)16-24(39)34-21-13-18(11-19(14-21)28(29,30)31)26(40)35-20-4-2-3-17(12-20)23-5-6-32-25-22(27(41)42)15-33-38(23)25/h2-6,11-15H,7-10,16H2,1H3,(H,34,39)(H,35,40)(H,41,42). The molecule has 2 aromatic heterocycles. The summed E-state index contributed by atoms with van der Waals surface area (Å²) < 4.78 is 42.4. The number of carboxylic acid groups (broad SMARTS) is 1. The number of halogens is 3.